The van der Waals surface area contributed by atoms with Gasteiger partial charge in [0.2, 0.25) is 0 Å². The molecule has 0 saturated heterocycles. The summed E-state index contributed by atoms with van der Waals surface area (Å²) in [4.78, 5) is 30.5. The summed E-state index contributed by atoms with van der Waals surface area (Å²) in [6.07, 6.45) is 5.25. The molecule has 11 heteroatoms. The molecule has 0 unspecified atom stereocenters. The van der Waals surface area contributed by atoms with Crippen molar-refractivity contribution in [2.75, 3.05) is 0 Å². The highest BCUT2D eigenvalue weighted by atomic mass is 19.3. The van der Waals surface area contributed by atoms with E-state index in [4.69, 9.17) is 4.74 Å². The third kappa shape index (κ3) is 3.42. The van der Waals surface area contributed by atoms with E-state index in [9.17, 15) is 18.7 Å². The van der Waals surface area contributed by atoms with Gasteiger partial charge in [-0.1, -0.05) is 6.07 Å². The predicted octanol–water partition coefficient (Wildman–Crippen LogP) is 3.49. The number of nitrogens with one attached hydrogen (secondary N) is 1. The molecule has 4 aromatic rings. The van der Waals surface area contributed by atoms with Crippen LogP contribution in [0.25, 0.3) is 22.3 Å². The number of pyridine rings is 1. The zero-order chi connectivity index (χ0) is 24.5. The fraction of sp³-hybridized carbons (Fsp3) is 0.292. The van der Waals surface area contributed by atoms with Crippen molar-refractivity contribution >= 4 is 16.9 Å². The molecule has 6 rings (SSSR count). The maximum atomic E-state index is 13.2. The average Bonchev–Trinajstić information content (AvgIpc) is 3.30. The number of hydrogen-bond acceptors (Lipinski definition) is 7. The summed E-state index contributed by atoms with van der Waals surface area (Å²) >= 11 is 0. The molecular formula is C24H20F2N6O3. The Hall–Kier alpha value is -3.99. The summed E-state index contributed by atoms with van der Waals surface area (Å²) in [6, 6.07) is 5.60. The molecule has 2 aliphatic heterocycles. The van der Waals surface area contributed by atoms with Crippen LogP contribution >= 0.6 is 0 Å². The Labute approximate surface area is 197 Å². The molecule has 0 fully saturated rings. The largest absolute Gasteiger partial charge is 0.434 e. The van der Waals surface area contributed by atoms with Gasteiger partial charge in [-0.25, -0.2) is 15.0 Å². The molecule has 2 atom stereocenters. The first-order valence-electron chi connectivity index (χ1n) is 11.0. The lowest BCUT2D eigenvalue weighted by Crippen LogP contribution is -2.28. The lowest BCUT2D eigenvalue weighted by Gasteiger charge is -2.21. The number of rotatable bonds is 4. The minimum absolute atomic E-state index is 0.0297. The number of nitrogens with zero attached hydrogens (tertiary/aromatic N) is 5. The SMILES string of the molecule is CC(C)(O)c1ncc(-c2cc3c(cn2)nc2n3[C@@H]3C[C@H]2NC(=O)c2cccc(OC(F)F)c23)cn1. The van der Waals surface area contributed by atoms with Gasteiger partial charge in [-0.15, -0.1) is 0 Å². The van der Waals surface area contributed by atoms with Crippen LogP contribution in [0.2, 0.25) is 0 Å². The highest BCUT2D eigenvalue weighted by molar-refractivity contribution is 5.98. The number of alkyl halides is 2. The molecule has 0 saturated carbocycles. The number of carbonyl (C=O) groups is 1. The summed E-state index contributed by atoms with van der Waals surface area (Å²) < 4.78 is 33.1. The van der Waals surface area contributed by atoms with Crippen LogP contribution in [0.4, 0.5) is 8.78 Å². The predicted molar refractivity (Wildman–Crippen MR) is 120 cm³/mol. The van der Waals surface area contributed by atoms with Crippen molar-refractivity contribution in [2.45, 2.75) is 44.6 Å². The number of aliphatic hydroxyl groups is 1. The van der Waals surface area contributed by atoms with Crippen LogP contribution in [0.15, 0.2) is 42.9 Å². The maximum absolute atomic E-state index is 13.2. The molecular weight excluding hydrogens is 458 g/mol. The number of aromatic nitrogens is 5. The number of fused-ring (bicyclic) bond motifs is 9. The van der Waals surface area contributed by atoms with Crippen molar-refractivity contribution in [3.63, 3.8) is 0 Å². The Balaban J connectivity index is 1.50. The molecule has 2 bridgehead atoms. The number of ether oxygens (including phenoxy) is 1. The standard InChI is InChI=1S/C24H20F2N6O3/c1-24(2,34)22-28-8-11(9-29-22)13-6-16-15(10-27-13)30-20-14-7-17(32(16)20)19-12(21(33)31-14)4-3-5-18(19)35-23(25)26/h3-6,8-10,14,17,23,34H,7H2,1-2H3,(H,31,33)/t14-,17-/m1/s1. The minimum Gasteiger partial charge on any atom is -0.434 e. The first-order valence-corrected chi connectivity index (χ1v) is 11.0. The second-order valence-corrected chi connectivity index (χ2v) is 9.13. The van der Waals surface area contributed by atoms with Crippen molar-refractivity contribution in [3.8, 4) is 17.0 Å². The van der Waals surface area contributed by atoms with Crippen LogP contribution in [-0.2, 0) is 5.60 Å². The van der Waals surface area contributed by atoms with E-state index in [1.807, 2.05) is 10.6 Å². The maximum Gasteiger partial charge on any atom is 0.387 e. The molecule has 0 aliphatic carbocycles. The molecule has 1 aromatic carbocycles. The van der Waals surface area contributed by atoms with E-state index in [0.29, 0.717) is 40.1 Å². The summed E-state index contributed by atoms with van der Waals surface area (Å²) in [5, 5.41) is 13.1. The second kappa shape index (κ2) is 7.51. The minimum atomic E-state index is -3.02. The number of halogens is 2. The smallest absolute Gasteiger partial charge is 0.387 e. The number of imidazole rings is 1. The highest BCUT2D eigenvalue weighted by Crippen LogP contribution is 2.47. The van der Waals surface area contributed by atoms with Crippen LogP contribution in [0, 0.1) is 0 Å². The molecule has 1 amide bonds. The Kier molecular flexibility index (Phi) is 4.62. The molecule has 2 N–H and O–H groups in total. The van der Waals surface area contributed by atoms with Crippen LogP contribution in [0.3, 0.4) is 0 Å². The number of hydrogen-bond donors (Lipinski definition) is 2. The summed E-state index contributed by atoms with van der Waals surface area (Å²) in [6.45, 7) is 0.183. The Bertz CT molecular complexity index is 1480. The molecule has 5 heterocycles. The Morgan fingerprint density at radius 1 is 1.20 bits per heavy atom. The summed E-state index contributed by atoms with van der Waals surface area (Å²) in [7, 11) is 0. The Morgan fingerprint density at radius 3 is 2.69 bits per heavy atom. The monoisotopic (exact) mass is 478 g/mol. The number of carbonyl (C=O) groups excluding carboxylic acids is 1. The van der Waals surface area contributed by atoms with Crippen LogP contribution in [-0.4, -0.2) is 42.1 Å². The van der Waals surface area contributed by atoms with Gasteiger partial charge in [0.15, 0.2) is 5.82 Å². The van der Waals surface area contributed by atoms with Crippen LogP contribution < -0.4 is 10.1 Å². The molecule has 178 valence electrons. The quantitative estimate of drug-likeness (QED) is 0.461. The van der Waals surface area contributed by atoms with Crippen molar-refractivity contribution in [1.29, 1.82) is 0 Å². The van der Waals surface area contributed by atoms with E-state index in [1.165, 1.54) is 12.1 Å². The van der Waals surface area contributed by atoms with Gasteiger partial charge in [-0.05, 0) is 38.5 Å². The van der Waals surface area contributed by atoms with Gasteiger partial charge in [-0.2, -0.15) is 8.78 Å². The van der Waals surface area contributed by atoms with Gasteiger partial charge < -0.3 is 19.7 Å². The van der Waals surface area contributed by atoms with E-state index in [1.54, 1.807) is 38.5 Å². The molecule has 0 spiro atoms. The van der Waals surface area contributed by atoms with E-state index < -0.39 is 18.3 Å². The van der Waals surface area contributed by atoms with Gasteiger partial charge >= 0.3 is 6.61 Å². The number of benzene rings is 1. The fourth-order valence-corrected chi connectivity index (χ4v) is 4.85. The molecule has 3 aromatic heterocycles. The van der Waals surface area contributed by atoms with Gasteiger partial charge in [0.25, 0.3) is 5.91 Å². The van der Waals surface area contributed by atoms with E-state index in [2.05, 4.69) is 25.3 Å². The Morgan fingerprint density at radius 2 is 1.97 bits per heavy atom. The fourth-order valence-electron chi connectivity index (χ4n) is 4.85. The zero-order valence-corrected chi connectivity index (χ0v) is 18.7. The summed E-state index contributed by atoms with van der Waals surface area (Å²) in [5.74, 6) is 0.534. The molecule has 2 aliphatic rings. The lowest BCUT2D eigenvalue weighted by atomic mass is 9.97. The van der Waals surface area contributed by atoms with Gasteiger partial charge in [0.1, 0.15) is 22.7 Å². The van der Waals surface area contributed by atoms with Crippen molar-refractivity contribution < 1.29 is 23.4 Å². The van der Waals surface area contributed by atoms with E-state index in [-0.39, 0.29) is 23.5 Å². The highest BCUT2D eigenvalue weighted by Gasteiger charge is 2.42. The normalized spacial score (nSPS) is 18.9. The third-order valence-corrected chi connectivity index (χ3v) is 6.35. The number of amides is 1. The molecule has 9 nitrogen and oxygen atoms in total. The second-order valence-electron chi connectivity index (χ2n) is 9.13. The van der Waals surface area contributed by atoms with Crippen LogP contribution in [0.5, 0.6) is 5.75 Å². The van der Waals surface area contributed by atoms with Gasteiger partial charge in [-0.3, -0.25) is 9.78 Å². The lowest BCUT2D eigenvalue weighted by molar-refractivity contribution is -0.0507. The topological polar surface area (TPSA) is 115 Å². The van der Waals surface area contributed by atoms with Crippen molar-refractivity contribution in [3.05, 3.63) is 65.6 Å². The zero-order valence-electron chi connectivity index (χ0n) is 18.7. The van der Waals surface area contributed by atoms with Crippen LogP contribution in [0.1, 0.15) is 59.9 Å². The molecule has 0 radical (unpaired) electrons. The van der Waals surface area contributed by atoms with Crippen molar-refractivity contribution in [1.82, 2.24) is 29.8 Å². The first kappa shape index (κ1) is 21.5. The molecule has 35 heavy (non-hydrogen) atoms. The average molecular weight is 478 g/mol. The third-order valence-electron chi connectivity index (χ3n) is 6.35. The van der Waals surface area contributed by atoms with E-state index >= 15 is 0 Å². The first-order chi connectivity index (χ1) is 16.7. The van der Waals surface area contributed by atoms with Gasteiger partial charge in [0, 0.05) is 29.1 Å². The van der Waals surface area contributed by atoms with Crippen molar-refractivity contribution in [2.24, 2.45) is 0 Å². The van der Waals surface area contributed by atoms with E-state index in [0.717, 1.165) is 5.52 Å². The van der Waals surface area contributed by atoms with Gasteiger partial charge in [0.05, 0.1) is 29.5 Å². The summed E-state index contributed by atoms with van der Waals surface area (Å²) in [5.41, 5.74) is 2.10.